The van der Waals surface area contributed by atoms with E-state index in [1.165, 1.54) is 4.31 Å². The molecule has 5 nitrogen and oxygen atoms in total. The van der Waals surface area contributed by atoms with Gasteiger partial charge < -0.3 is 5.32 Å². The van der Waals surface area contributed by atoms with E-state index in [4.69, 9.17) is 0 Å². The van der Waals surface area contributed by atoms with E-state index in [1.807, 2.05) is 32.9 Å². The van der Waals surface area contributed by atoms with E-state index in [2.05, 4.69) is 26.1 Å². The van der Waals surface area contributed by atoms with Gasteiger partial charge in [-0.05, 0) is 56.4 Å². The Labute approximate surface area is 175 Å². The first-order valence-corrected chi connectivity index (χ1v) is 11.2. The van der Waals surface area contributed by atoms with Gasteiger partial charge in [-0.2, -0.15) is 0 Å². The van der Waals surface area contributed by atoms with Gasteiger partial charge in [0.05, 0.1) is 10.6 Å². The second kappa shape index (κ2) is 8.57. The Hall–Kier alpha value is -2.34. The van der Waals surface area contributed by atoms with Crippen molar-refractivity contribution in [3.8, 4) is 0 Å². The highest BCUT2D eigenvalue weighted by Crippen LogP contribution is 2.28. The Bertz CT molecular complexity index is 946. The molecule has 6 heteroatoms. The number of aryl methyl sites for hydroxylation is 1. The maximum Gasteiger partial charge on any atom is 0.264 e. The van der Waals surface area contributed by atoms with Crippen molar-refractivity contribution in [3.63, 3.8) is 0 Å². The van der Waals surface area contributed by atoms with Crippen molar-refractivity contribution in [2.24, 2.45) is 5.41 Å². The van der Waals surface area contributed by atoms with E-state index in [-0.39, 0.29) is 22.8 Å². The topological polar surface area (TPSA) is 66.5 Å². The first-order valence-electron chi connectivity index (χ1n) is 9.76. The molecule has 0 unspecified atom stereocenters. The van der Waals surface area contributed by atoms with Gasteiger partial charge in [-0.1, -0.05) is 57.2 Å². The van der Waals surface area contributed by atoms with Gasteiger partial charge in [0.25, 0.3) is 10.0 Å². The molecular weight excluding hydrogens is 384 g/mol. The number of rotatable bonds is 7. The van der Waals surface area contributed by atoms with Crippen molar-refractivity contribution in [1.82, 2.24) is 5.32 Å². The smallest absolute Gasteiger partial charge is 0.264 e. The lowest BCUT2D eigenvalue weighted by atomic mass is 9.82. The van der Waals surface area contributed by atoms with Crippen molar-refractivity contribution in [2.45, 2.75) is 58.4 Å². The van der Waals surface area contributed by atoms with E-state index >= 15 is 0 Å². The van der Waals surface area contributed by atoms with Crippen LogP contribution in [0.1, 0.15) is 46.6 Å². The quantitative estimate of drug-likeness (QED) is 0.721. The molecule has 2 aromatic rings. The molecule has 0 atom stereocenters. The molecule has 0 spiro atoms. The number of nitrogens with zero attached hydrogens (tertiary/aromatic N) is 1. The molecule has 0 bridgehead atoms. The fourth-order valence-electron chi connectivity index (χ4n) is 3.78. The standard InChI is InChI=1S/C23H32N2O3S/c1-18-12-10-11-15-20(18)25(29(27,28)19-13-8-7-9-14-19)16-21(26)24-23(5,6)17-22(2,3)4/h7-15H,16-17H2,1-6H3,(H,24,26). The molecular formula is C23H32N2O3S. The summed E-state index contributed by atoms with van der Waals surface area (Å²) in [6.07, 6.45) is 0.765. The van der Waals surface area contributed by atoms with Crippen molar-refractivity contribution in [2.75, 3.05) is 10.8 Å². The number of hydrogen-bond donors (Lipinski definition) is 1. The second-order valence-electron chi connectivity index (χ2n) is 9.28. The summed E-state index contributed by atoms with van der Waals surface area (Å²) in [6, 6.07) is 15.4. The van der Waals surface area contributed by atoms with Crippen LogP contribution in [0.3, 0.4) is 0 Å². The van der Waals surface area contributed by atoms with E-state index in [1.54, 1.807) is 42.5 Å². The summed E-state index contributed by atoms with van der Waals surface area (Å²) in [5.74, 6) is -0.331. The molecule has 2 aromatic carbocycles. The molecule has 158 valence electrons. The average molecular weight is 417 g/mol. The average Bonchev–Trinajstić information content (AvgIpc) is 2.58. The monoisotopic (exact) mass is 416 g/mol. The van der Waals surface area contributed by atoms with Crippen LogP contribution in [-0.2, 0) is 14.8 Å². The fraction of sp³-hybridized carbons (Fsp3) is 0.435. The predicted molar refractivity (Wildman–Crippen MR) is 118 cm³/mol. The van der Waals surface area contributed by atoms with Crippen LogP contribution in [0.2, 0.25) is 0 Å². The van der Waals surface area contributed by atoms with Crippen LogP contribution in [0.4, 0.5) is 5.69 Å². The Kier molecular flexibility index (Phi) is 6.78. The largest absolute Gasteiger partial charge is 0.350 e. The van der Waals surface area contributed by atoms with E-state index in [9.17, 15) is 13.2 Å². The highest BCUT2D eigenvalue weighted by atomic mass is 32.2. The third-order valence-corrected chi connectivity index (χ3v) is 6.23. The highest BCUT2D eigenvalue weighted by Gasteiger charge is 2.31. The second-order valence-corrected chi connectivity index (χ2v) is 11.1. The summed E-state index contributed by atoms with van der Waals surface area (Å²) < 4.78 is 27.9. The lowest BCUT2D eigenvalue weighted by Crippen LogP contribution is -2.50. The molecule has 0 aromatic heterocycles. The number of nitrogens with one attached hydrogen (secondary N) is 1. The summed E-state index contributed by atoms with van der Waals surface area (Å²) >= 11 is 0. The van der Waals surface area contributed by atoms with Crippen molar-refractivity contribution < 1.29 is 13.2 Å². The summed E-state index contributed by atoms with van der Waals surface area (Å²) in [5, 5.41) is 3.01. The Morgan fingerprint density at radius 2 is 1.48 bits per heavy atom. The van der Waals surface area contributed by atoms with Crippen LogP contribution >= 0.6 is 0 Å². The molecule has 0 aliphatic rings. The molecule has 2 rings (SSSR count). The van der Waals surface area contributed by atoms with Crippen LogP contribution in [0.25, 0.3) is 0 Å². The van der Waals surface area contributed by atoms with Gasteiger partial charge in [0.15, 0.2) is 0 Å². The summed E-state index contributed by atoms with van der Waals surface area (Å²) in [4.78, 5) is 13.1. The zero-order chi connectivity index (χ0) is 21.9. The Morgan fingerprint density at radius 3 is 2.03 bits per heavy atom. The Morgan fingerprint density at radius 1 is 0.931 bits per heavy atom. The van der Waals surface area contributed by atoms with Crippen LogP contribution < -0.4 is 9.62 Å². The molecule has 0 heterocycles. The minimum atomic E-state index is -3.89. The van der Waals surface area contributed by atoms with Crippen LogP contribution in [0.15, 0.2) is 59.5 Å². The number of sulfonamides is 1. The van der Waals surface area contributed by atoms with Crippen molar-refractivity contribution >= 4 is 21.6 Å². The van der Waals surface area contributed by atoms with Crippen LogP contribution in [0, 0.1) is 12.3 Å². The molecule has 0 fully saturated rings. The predicted octanol–water partition coefficient (Wildman–Crippen LogP) is 4.52. The van der Waals surface area contributed by atoms with E-state index < -0.39 is 15.6 Å². The number of anilines is 1. The van der Waals surface area contributed by atoms with Gasteiger partial charge in [-0.25, -0.2) is 8.42 Å². The van der Waals surface area contributed by atoms with Crippen molar-refractivity contribution in [3.05, 3.63) is 60.2 Å². The Balaban J connectivity index is 2.37. The fourth-order valence-corrected chi connectivity index (χ4v) is 5.29. The SMILES string of the molecule is Cc1ccccc1N(CC(=O)NC(C)(C)CC(C)(C)C)S(=O)(=O)c1ccccc1. The maximum atomic E-state index is 13.4. The summed E-state index contributed by atoms with van der Waals surface area (Å²) in [5.41, 5.74) is 0.861. The molecule has 0 radical (unpaired) electrons. The van der Waals surface area contributed by atoms with Gasteiger partial charge in [0, 0.05) is 5.54 Å². The number of para-hydroxylation sites is 1. The highest BCUT2D eigenvalue weighted by molar-refractivity contribution is 7.92. The van der Waals surface area contributed by atoms with Gasteiger partial charge in [-0.15, -0.1) is 0 Å². The zero-order valence-corrected chi connectivity index (χ0v) is 19.0. The number of hydrogen-bond acceptors (Lipinski definition) is 3. The molecule has 29 heavy (non-hydrogen) atoms. The van der Waals surface area contributed by atoms with Gasteiger partial charge in [0.2, 0.25) is 5.91 Å². The molecule has 0 saturated carbocycles. The third-order valence-electron chi connectivity index (χ3n) is 4.45. The maximum absolute atomic E-state index is 13.4. The summed E-state index contributed by atoms with van der Waals surface area (Å²) in [7, 11) is -3.89. The van der Waals surface area contributed by atoms with Gasteiger partial charge >= 0.3 is 0 Å². The molecule has 0 aliphatic heterocycles. The first kappa shape index (κ1) is 22.9. The van der Waals surface area contributed by atoms with Crippen LogP contribution in [0.5, 0.6) is 0 Å². The molecule has 0 saturated heterocycles. The number of benzene rings is 2. The van der Waals surface area contributed by atoms with E-state index in [0.717, 1.165) is 12.0 Å². The first-order chi connectivity index (χ1) is 13.3. The zero-order valence-electron chi connectivity index (χ0n) is 18.2. The lowest BCUT2D eigenvalue weighted by Gasteiger charge is -2.34. The normalized spacial score (nSPS) is 12.5. The molecule has 1 amide bonds. The minimum Gasteiger partial charge on any atom is -0.350 e. The molecule has 1 N–H and O–H groups in total. The number of carbonyl (C=O) groups excluding carboxylic acids is 1. The van der Waals surface area contributed by atoms with Gasteiger partial charge in [-0.3, -0.25) is 9.10 Å². The molecule has 0 aliphatic carbocycles. The number of carbonyl (C=O) groups is 1. The lowest BCUT2D eigenvalue weighted by molar-refractivity contribution is -0.121. The number of amides is 1. The minimum absolute atomic E-state index is 0.0304. The van der Waals surface area contributed by atoms with E-state index in [0.29, 0.717) is 5.69 Å². The van der Waals surface area contributed by atoms with Crippen LogP contribution in [-0.4, -0.2) is 26.4 Å². The van der Waals surface area contributed by atoms with Gasteiger partial charge in [0.1, 0.15) is 6.54 Å². The third kappa shape index (κ3) is 6.32. The summed E-state index contributed by atoms with van der Waals surface area (Å²) in [6.45, 7) is 11.8. The van der Waals surface area contributed by atoms with Crippen molar-refractivity contribution in [1.29, 1.82) is 0 Å².